The van der Waals surface area contributed by atoms with Crippen molar-refractivity contribution in [1.82, 2.24) is 10.3 Å². The fourth-order valence-electron chi connectivity index (χ4n) is 2.36. The minimum atomic E-state index is -0.708. The molecule has 110 valence electrons. The maximum Gasteiger partial charge on any atom is 0.306 e. The molecule has 1 amide bonds. The summed E-state index contributed by atoms with van der Waals surface area (Å²) in [5.41, 5.74) is 0.894. The van der Waals surface area contributed by atoms with E-state index in [-0.39, 0.29) is 24.4 Å². The molecule has 1 heterocycles. The van der Waals surface area contributed by atoms with Gasteiger partial charge in [-0.2, -0.15) is 0 Å². The van der Waals surface area contributed by atoms with Crippen LogP contribution in [-0.2, 0) is 9.59 Å². The van der Waals surface area contributed by atoms with Gasteiger partial charge < -0.3 is 15.7 Å². The van der Waals surface area contributed by atoms with Gasteiger partial charge in [0.15, 0.2) is 5.13 Å². The van der Waals surface area contributed by atoms with Gasteiger partial charge >= 0.3 is 5.97 Å². The average molecular weight is 297 g/mol. The predicted molar refractivity (Wildman–Crippen MR) is 76.9 cm³/mol. The molecule has 1 fully saturated rings. The molecule has 1 saturated carbocycles. The topological polar surface area (TPSA) is 91.3 Å². The van der Waals surface area contributed by atoms with Gasteiger partial charge in [0.1, 0.15) is 0 Å². The summed E-state index contributed by atoms with van der Waals surface area (Å²) in [4.78, 5) is 26.7. The van der Waals surface area contributed by atoms with Gasteiger partial charge in [-0.25, -0.2) is 4.98 Å². The molecule has 20 heavy (non-hydrogen) atoms. The third-order valence-corrected chi connectivity index (χ3v) is 4.37. The lowest BCUT2D eigenvalue weighted by Crippen LogP contribution is -2.39. The molecule has 0 spiro atoms. The van der Waals surface area contributed by atoms with Crippen LogP contribution in [0.3, 0.4) is 0 Å². The zero-order chi connectivity index (χ0) is 14.5. The zero-order valence-corrected chi connectivity index (χ0v) is 12.2. The van der Waals surface area contributed by atoms with Gasteiger partial charge in [-0.15, -0.1) is 11.3 Å². The largest absolute Gasteiger partial charge is 0.481 e. The van der Waals surface area contributed by atoms with Crippen LogP contribution in [0.5, 0.6) is 0 Å². The molecule has 1 aromatic heterocycles. The smallest absolute Gasteiger partial charge is 0.306 e. The summed E-state index contributed by atoms with van der Waals surface area (Å²) in [5, 5.41) is 17.3. The maximum atomic E-state index is 11.7. The lowest BCUT2D eigenvalue weighted by Gasteiger charge is -2.26. The lowest BCUT2D eigenvalue weighted by atomic mass is 9.86. The summed E-state index contributed by atoms with van der Waals surface area (Å²) < 4.78 is 0. The molecule has 7 heteroatoms. The highest BCUT2D eigenvalue weighted by molar-refractivity contribution is 7.13. The highest BCUT2D eigenvalue weighted by Crippen LogP contribution is 2.24. The Morgan fingerprint density at radius 3 is 2.65 bits per heavy atom. The highest BCUT2D eigenvalue weighted by atomic mass is 32.1. The van der Waals surface area contributed by atoms with Crippen molar-refractivity contribution >= 4 is 28.3 Å². The Bertz CT molecular complexity index is 481. The summed E-state index contributed by atoms with van der Waals surface area (Å²) in [5.74, 6) is -1.04. The van der Waals surface area contributed by atoms with Crippen LogP contribution >= 0.6 is 11.3 Å². The third kappa shape index (κ3) is 4.28. The number of carbonyl (C=O) groups excluding carboxylic acids is 1. The monoisotopic (exact) mass is 297 g/mol. The van der Waals surface area contributed by atoms with Crippen LogP contribution in [0, 0.1) is 12.8 Å². The molecule has 0 bridgehead atoms. The van der Waals surface area contributed by atoms with Crippen molar-refractivity contribution in [2.45, 2.75) is 38.6 Å². The molecule has 6 nitrogen and oxygen atoms in total. The van der Waals surface area contributed by atoms with Gasteiger partial charge in [0.05, 0.1) is 18.2 Å². The van der Waals surface area contributed by atoms with Gasteiger partial charge in [-0.3, -0.25) is 9.59 Å². The Morgan fingerprint density at radius 2 is 2.10 bits per heavy atom. The number of thiazole rings is 1. The summed E-state index contributed by atoms with van der Waals surface area (Å²) in [6.45, 7) is 2.12. The fraction of sp³-hybridized carbons (Fsp3) is 0.615. The van der Waals surface area contributed by atoms with Crippen LogP contribution in [0.4, 0.5) is 5.13 Å². The van der Waals surface area contributed by atoms with E-state index in [1.54, 1.807) is 0 Å². The molecule has 2 rings (SSSR count). The van der Waals surface area contributed by atoms with Crippen LogP contribution < -0.4 is 10.6 Å². The highest BCUT2D eigenvalue weighted by Gasteiger charge is 2.25. The first-order chi connectivity index (χ1) is 9.54. The van der Waals surface area contributed by atoms with Gasteiger partial charge in [-0.05, 0) is 32.6 Å². The van der Waals surface area contributed by atoms with Gasteiger partial charge in [0.25, 0.3) is 0 Å². The van der Waals surface area contributed by atoms with Crippen molar-refractivity contribution in [3.63, 3.8) is 0 Å². The van der Waals surface area contributed by atoms with Crippen LogP contribution in [0.25, 0.3) is 0 Å². The number of anilines is 1. The van der Waals surface area contributed by atoms with Crippen molar-refractivity contribution in [1.29, 1.82) is 0 Å². The quantitative estimate of drug-likeness (QED) is 0.768. The fourth-order valence-corrected chi connectivity index (χ4v) is 3.06. The van der Waals surface area contributed by atoms with Crippen LogP contribution in [-0.4, -0.2) is 34.6 Å². The Kier molecular flexibility index (Phi) is 5.08. The first-order valence-electron chi connectivity index (χ1n) is 6.73. The van der Waals surface area contributed by atoms with E-state index in [0.717, 1.165) is 18.5 Å². The van der Waals surface area contributed by atoms with Crippen LogP contribution in [0.2, 0.25) is 0 Å². The maximum absolute atomic E-state index is 11.7. The van der Waals surface area contributed by atoms with Crippen LogP contribution in [0.15, 0.2) is 5.38 Å². The van der Waals surface area contributed by atoms with Crippen molar-refractivity contribution in [3.05, 3.63) is 11.1 Å². The summed E-state index contributed by atoms with van der Waals surface area (Å²) in [6, 6.07) is 0.231. The molecule has 1 aromatic rings. The number of aliphatic carboxylic acids is 1. The van der Waals surface area contributed by atoms with Gasteiger partial charge in [-0.1, -0.05) is 0 Å². The number of carboxylic acid groups (broad SMARTS) is 1. The normalized spacial score (nSPS) is 22.4. The minimum Gasteiger partial charge on any atom is -0.481 e. The molecule has 3 N–H and O–H groups in total. The molecule has 1 aliphatic rings. The molecule has 0 atom stereocenters. The zero-order valence-electron chi connectivity index (χ0n) is 11.4. The summed E-state index contributed by atoms with van der Waals surface area (Å²) >= 11 is 1.41. The molecular weight excluding hydrogens is 278 g/mol. The van der Waals surface area contributed by atoms with E-state index < -0.39 is 5.97 Å². The lowest BCUT2D eigenvalue weighted by molar-refractivity contribution is -0.143. The Hall–Kier alpha value is -1.47. The number of carbonyl (C=O) groups is 2. The van der Waals surface area contributed by atoms with E-state index in [0.29, 0.717) is 18.0 Å². The number of aryl methyl sites for hydroxylation is 1. The predicted octanol–water partition coefficient (Wildman–Crippen LogP) is 1.62. The number of hydrogen-bond acceptors (Lipinski definition) is 5. The van der Waals surface area contributed by atoms with Crippen LogP contribution in [0.1, 0.15) is 31.4 Å². The number of nitrogens with zero attached hydrogens (tertiary/aromatic N) is 1. The molecule has 0 aliphatic heterocycles. The Balaban J connectivity index is 1.68. The Labute approximate surface area is 121 Å². The van der Waals surface area contributed by atoms with E-state index in [2.05, 4.69) is 15.6 Å². The number of nitrogens with one attached hydrogen (secondary N) is 2. The molecule has 0 unspecified atom stereocenters. The first kappa shape index (κ1) is 14.9. The second-order valence-corrected chi connectivity index (χ2v) is 5.97. The van der Waals surface area contributed by atoms with Crippen molar-refractivity contribution < 1.29 is 14.7 Å². The van der Waals surface area contributed by atoms with E-state index in [1.807, 2.05) is 12.3 Å². The van der Waals surface area contributed by atoms with E-state index in [9.17, 15) is 9.59 Å². The van der Waals surface area contributed by atoms with Gasteiger partial charge in [0, 0.05) is 11.4 Å². The molecule has 0 saturated heterocycles. The summed E-state index contributed by atoms with van der Waals surface area (Å²) in [7, 11) is 0. The molecule has 0 radical (unpaired) electrons. The van der Waals surface area contributed by atoms with Gasteiger partial charge in [0.2, 0.25) is 5.91 Å². The Morgan fingerprint density at radius 1 is 1.40 bits per heavy atom. The second-order valence-electron chi connectivity index (χ2n) is 5.11. The van der Waals surface area contributed by atoms with E-state index in [4.69, 9.17) is 5.11 Å². The van der Waals surface area contributed by atoms with Crippen molar-refractivity contribution in [3.8, 4) is 0 Å². The SMILES string of the molecule is Cc1csc(NC(=O)CNC2CCC(C(=O)O)CC2)n1. The number of amides is 1. The molecule has 1 aliphatic carbocycles. The molecular formula is C13H19N3O3S. The summed E-state index contributed by atoms with van der Waals surface area (Å²) in [6.07, 6.45) is 2.97. The average Bonchev–Trinajstić information content (AvgIpc) is 2.82. The number of carboxylic acids is 1. The minimum absolute atomic E-state index is 0.111. The first-order valence-corrected chi connectivity index (χ1v) is 7.60. The van der Waals surface area contributed by atoms with Crippen molar-refractivity contribution in [2.75, 3.05) is 11.9 Å². The molecule has 0 aromatic carbocycles. The number of aromatic nitrogens is 1. The standard InChI is InChI=1S/C13H19N3O3S/c1-8-7-20-13(15-8)16-11(17)6-14-10-4-2-9(3-5-10)12(18)19/h7,9-10,14H,2-6H2,1H3,(H,18,19)(H,15,16,17). The number of rotatable bonds is 5. The second kappa shape index (κ2) is 6.81. The van der Waals surface area contributed by atoms with Crippen molar-refractivity contribution in [2.24, 2.45) is 5.92 Å². The third-order valence-electron chi connectivity index (χ3n) is 3.49. The van der Waals surface area contributed by atoms with E-state index >= 15 is 0 Å². The number of hydrogen-bond donors (Lipinski definition) is 3. The van der Waals surface area contributed by atoms with E-state index in [1.165, 1.54) is 11.3 Å².